The second-order valence-corrected chi connectivity index (χ2v) is 6.96. The summed E-state index contributed by atoms with van der Waals surface area (Å²) in [7, 11) is 1.28. The summed E-state index contributed by atoms with van der Waals surface area (Å²) in [6.45, 7) is 1.52. The van der Waals surface area contributed by atoms with E-state index in [0.717, 1.165) is 12.1 Å². The molecule has 1 heterocycles. The van der Waals surface area contributed by atoms with Crippen molar-refractivity contribution in [2.45, 2.75) is 13.5 Å². The van der Waals surface area contributed by atoms with Gasteiger partial charge in [-0.2, -0.15) is 0 Å². The summed E-state index contributed by atoms with van der Waals surface area (Å²) < 4.78 is 38.6. The Morgan fingerprint density at radius 3 is 2.59 bits per heavy atom. The SMILES string of the molecule is COC(=O)c1cccc(-n2c(C)cc(OCc3ccc(F)cc3F)c(Br)c2=O)c1. The maximum Gasteiger partial charge on any atom is 0.337 e. The Kier molecular flexibility index (Phi) is 6.12. The predicted octanol–water partition coefficient (Wildman–Crippen LogP) is 4.55. The summed E-state index contributed by atoms with van der Waals surface area (Å²) in [4.78, 5) is 24.6. The highest BCUT2D eigenvalue weighted by molar-refractivity contribution is 9.10. The molecule has 0 saturated carbocycles. The lowest BCUT2D eigenvalue weighted by Gasteiger charge is -2.15. The molecule has 0 unspecified atom stereocenters. The molecule has 150 valence electrons. The van der Waals surface area contributed by atoms with Crippen molar-refractivity contribution >= 4 is 21.9 Å². The fourth-order valence-corrected chi connectivity index (χ4v) is 3.20. The fraction of sp³-hybridized carbons (Fsp3) is 0.143. The van der Waals surface area contributed by atoms with E-state index in [0.29, 0.717) is 16.9 Å². The van der Waals surface area contributed by atoms with Crippen LogP contribution in [0.2, 0.25) is 0 Å². The molecule has 0 fully saturated rings. The highest BCUT2D eigenvalue weighted by atomic mass is 79.9. The molecule has 0 radical (unpaired) electrons. The van der Waals surface area contributed by atoms with Crippen LogP contribution in [0, 0.1) is 18.6 Å². The minimum Gasteiger partial charge on any atom is -0.487 e. The first kappa shape index (κ1) is 20.7. The zero-order chi connectivity index (χ0) is 21.1. The van der Waals surface area contributed by atoms with Gasteiger partial charge in [-0.3, -0.25) is 9.36 Å². The minimum absolute atomic E-state index is 0.133. The number of ether oxygens (including phenoxy) is 2. The smallest absolute Gasteiger partial charge is 0.337 e. The minimum atomic E-state index is -0.731. The van der Waals surface area contributed by atoms with E-state index >= 15 is 0 Å². The summed E-state index contributed by atoms with van der Waals surface area (Å²) in [6.07, 6.45) is 0. The van der Waals surface area contributed by atoms with E-state index in [1.54, 1.807) is 37.3 Å². The molecule has 0 saturated heterocycles. The molecule has 0 aliphatic carbocycles. The Morgan fingerprint density at radius 2 is 1.90 bits per heavy atom. The summed E-state index contributed by atoms with van der Waals surface area (Å²) in [5.41, 5.74) is 1.06. The molecule has 0 N–H and O–H groups in total. The Bertz CT molecular complexity index is 1140. The van der Waals surface area contributed by atoms with Gasteiger partial charge in [-0.25, -0.2) is 13.6 Å². The molecule has 3 rings (SSSR count). The van der Waals surface area contributed by atoms with Crippen molar-refractivity contribution in [3.63, 3.8) is 0 Å². The first-order chi connectivity index (χ1) is 13.8. The van der Waals surface area contributed by atoms with E-state index in [9.17, 15) is 18.4 Å². The number of esters is 1. The van der Waals surface area contributed by atoms with Gasteiger partial charge in [0.1, 0.15) is 28.5 Å². The van der Waals surface area contributed by atoms with Gasteiger partial charge in [-0.1, -0.05) is 6.07 Å². The van der Waals surface area contributed by atoms with E-state index in [1.165, 1.54) is 17.7 Å². The molecule has 5 nitrogen and oxygen atoms in total. The number of pyridine rings is 1. The number of carbonyl (C=O) groups is 1. The molecular formula is C21H16BrF2NO4. The number of rotatable bonds is 5. The number of aromatic nitrogens is 1. The number of carbonyl (C=O) groups excluding carboxylic acids is 1. The Hall–Kier alpha value is -3.00. The lowest BCUT2D eigenvalue weighted by molar-refractivity contribution is 0.0600. The average molecular weight is 464 g/mol. The second-order valence-electron chi connectivity index (χ2n) is 6.17. The van der Waals surface area contributed by atoms with Crippen LogP contribution in [-0.2, 0) is 11.3 Å². The Balaban J connectivity index is 1.95. The van der Waals surface area contributed by atoms with Gasteiger partial charge in [0, 0.05) is 29.1 Å². The quantitative estimate of drug-likeness (QED) is 0.520. The normalized spacial score (nSPS) is 10.7. The molecule has 8 heteroatoms. The van der Waals surface area contributed by atoms with Crippen molar-refractivity contribution in [3.05, 3.63) is 91.8 Å². The summed E-state index contributed by atoms with van der Waals surface area (Å²) >= 11 is 3.22. The number of halogens is 3. The maximum atomic E-state index is 13.8. The number of methoxy groups -OCH3 is 1. The third kappa shape index (κ3) is 4.37. The van der Waals surface area contributed by atoms with Crippen molar-refractivity contribution in [3.8, 4) is 11.4 Å². The van der Waals surface area contributed by atoms with Crippen molar-refractivity contribution in [2.24, 2.45) is 0 Å². The van der Waals surface area contributed by atoms with Crippen molar-refractivity contribution in [2.75, 3.05) is 7.11 Å². The first-order valence-electron chi connectivity index (χ1n) is 8.49. The van der Waals surface area contributed by atoms with Gasteiger partial charge in [-0.15, -0.1) is 0 Å². The summed E-state index contributed by atoms with van der Waals surface area (Å²) in [5.74, 6) is -1.71. The van der Waals surface area contributed by atoms with Crippen LogP contribution in [0.4, 0.5) is 8.78 Å². The van der Waals surface area contributed by atoms with Gasteiger partial charge >= 0.3 is 5.97 Å². The van der Waals surface area contributed by atoms with Crippen LogP contribution in [0.15, 0.2) is 57.8 Å². The van der Waals surface area contributed by atoms with Gasteiger partial charge in [0.2, 0.25) is 0 Å². The maximum absolute atomic E-state index is 13.8. The van der Waals surface area contributed by atoms with Gasteiger partial charge in [0.15, 0.2) is 0 Å². The molecule has 2 aromatic carbocycles. The number of aryl methyl sites for hydroxylation is 1. The van der Waals surface area contributed by atoms with E-state index in [-0.39, 0.29) is 22.4 Å². The zero-order valence-corrected chi connectivity index (χ0v) is 17.1. The molecule has 29 heavy (non-hydrogen) atoms. The lowest BCUT2D eigenvalue weighted by Crippen LogP contribution is -2.22. The Morgan fingerprint density at radius 1 is 1.14 bits per heavy atom. The van der Waals surface area contributed by atoms with Crippen LogP contribution in [-0.4, -0.2) is 17.6 Å². The second kappa shape index (κ2) is 8.57. The highest BCUT2D eigenvalue weighted by Gasteiger charge is 2.16. The standard InChI is InChI=1S/C21H16BrF2NO4/c1-12-8-18(29-11-14-6-7-15(23)10-17(14)24)19(22)20(26)25(12)16-5-3-4-13(9-16)21(27)28-2/h3-10H,11H2,1-2H3. The van der Waals surface area contributed by atoms with Gasteiger partial charge in [0.25, 0.3) is 5.56 Å². The largest absolute Gasteiger partial charge is 0.487 e. The van der Waals surface area contributed by atoms with Crippen LogP contribution in [0.5, 0.6) is 5.75 Å². The lowest BCUT2D eigenvalue weighted by atomic mass is 10.2. The van der Waals surface area contributed by atoms with E-state index in [2.05, 4.69) is 15.9 Å². The van der Waals surface area contributed by atoms with Crippen molar-refractivity contribution in [1.82, 2.24) is 4.57 Å². The van der Waals surface area contributed by atoms with Crippen molar-refractivity contribution < 1.29 is 23.0 Å². The molecule has 0 bridgehead atoms. The number of benzene rings is 2. The van der Waals surface area contributed by atoms with Gasteiger partial charge < -0.3 is 9.47 Å². The van der Waals surface area contributed by atoms with Crippen LogP contribution < -0.4 is 10.3 Å². The molecule has 0 amide bonds. The highest BCUT2D eigenvalue weighted by Crippen LogP contribution is 2.25. The van der Waals surface area contributed by atoms with Crippen LogP contribution >= 0.6 is 15.9 Å². The van der Waals surface area contributed by atoms with E-state index in [1.807, 2.05) is 0 Å². The number of hydrogen-bond acceptors (Lipinski definition) is 4. The summed E-state index contributed by atoms with van der Waals surface area (Å²) in [6, 6.07) is 11.2. The van der Waals surface area contributed by atoms with Gasteiger partial charge in [0.05, 0.1) is 12.7 Å². The number of nitrogens with zero attached hydrogens (tertiary/aromatic N) is 1. The van der Waals surface area contributed by atoms with Crippen LogP contribution in [0.1, 0.15) is 21.6 Å². The molecule has 0 atom stereocenters. The van der Waals surface area contributed by atoms with Crippen LogP contribution in [0.3, 0.4) is 0 Å². The molecule has 0 spiro atoms. The molecule has 3 aromatic rings. The van der Waals surface area contributed by atoms with E-state index in [4.69, 9.17) is 9.47 Å². The molecule has 0 aliphatic heterocycles. The fourth-order valence-electron chi connectivity index (χ4n) is 2.79. The number of hydrogen-bond donors (Lipinski definition) is 0. The third-order valence-electron chi connectivity index (χ3n) is 4.22. The van der Waals surface area contributed by atoms with Gasteiger partial charge in [-0.05, 0) is 53.2 Å². The van der Waals surface area contributed by atoms with Crippen molar-refractivity contribution in [1.29, 1.82) is 0 Å². The zero-order valence-electron chi connectivity index (χ0n) is 15.5. The Labute approximate surface area is 173 Å². The topological polar surface area (TPSA) is 57.5 Å². The monoisotopic (exact) mass is 463 g/mol. The third-order valence-corrected chi connectivity index (χ3v) is 4.95. The first-order valence-corrected chi connectivity index (χ1v) is 9.28. The average Bonchev–Trinajstić information content (AvgIpc) is 2.70. The van der Waals surface area contributed by atoms with Crippen LogP contribution in [0.25, 0.3) is 5.69 Å². The van der Waals surface area contributed by atoms with E-state index < -0.39 is 23.2 Å². The predicted molar refractivity (Wildman–Crippen MR) is 107 cm³/mol. The molecule has 1 aromatic heterocycles. The summed E-state index contributed by atoms with van der Waals surface area (Å²) in [5, 5.41) is 0. The molecular weight excluding hydrogens is 448 g/mol. The molecule has 0 aliphatic rings.